The van der Waals surface area contributed by atoms with Crippen molar-refractivity contribution in [1.29, 1.82) is 0 Å². The largest absolute Gasteiger partial charge is 0.381 e. The highest BCUT2D eigenvalue weighted by Gasteiger charge is 2.05. The Morgan fingerprint density at radius 3 is 2.81 bits per heavy atom. The summed E-state index contributed by atoms with van der Waals surface area (Å²) >= 11 is 0. The summed E-state index contributed by atoms with van der Waals surface area (Å²) in [4.78, 5) is 12.0. The molecular weight excluding hydrogens is 204 g/mol. The van der Waals surface area contributed by atoms with Crippen LogP contribution in [-0.4, -0.2) is 20.9 Å². The first kappa shape index (κ1) is 10.5. The molecule has 1 N–H and O–H groups in total. The van der Waals surface area contributed by atoms with Crippen molar-refractivity contribution in [2.75, 3.05) is 11.9 Å². The number of aryl methyl sites for hydroxylation is 1. The van der Waals surface area contributed by atoms with Crippen LogP contribution in [0.3, 0.4) is 0 Å². The fraction of sp³-hybridized carbons (Fsp3) is 0.273. The van der Waals surface area contributed by atoms with E-state index in [-0.39, 0.29) is 5.56 Å². The lowest BCUT2D eigenvalue weighted by Crippen LogP contribution is -2.21. The maximum atomic E-state index is 12.0. The van der Waals surface area contributed by atoms with E-state index < -0.39 is 0 Å². The fourth-order valence-electron chi connectivity index (χ4n) is 1.53. The first-order valence-electron chi connectivity index (χ1n) is 5.18. The molecule has 2 rings (SSSR count). The van der Waals surface area contributed by atoms with Crippen LogP contribution >= 0.6 is 0 Å². The van der Waals surface area contributed by atoms with Gasteiger partial charge in [0.25, 0.3) is 5.56 Å². The maximum Gasteiger partial charge on any atom is 0.279 e. The van der Waals surface area contributed by atoms with Crippen molar-refractivity contribution in [3.8, 4) is 5.82 Å². The summed E-state index contributed by atoms with van der Waals surface area (Å²) in [5, 5.41) is 7.22. The van der Waals surface area contributed by atoms with E-state index in [2.05, 4.69) is 10.4 Å². The van der Waals surface area contributed by atoms with Crippen LogP contribution in [0.1, 0.15) is 6.92 Å². The molecule has 5 heteroatoms. The lowest BCUT2D eigenvalue weighted by Gasteiger charge is -2.05. The molecule has 5 nitrogen and oxygen atoms in total. The Kier molecular flexibility index (Phi) is 2.76. The van der Waals surface area contributed by atoms with Crippen LogP contribution in [0.5, 0.6) is 0 Å². The third-order valence-corrected chi connectivity index (χ3v) is 2.26. The highest BCUT2D eigenvalue weighted by molar-refractivity contribution is 5.42. The number of rotatable bonds is 3. The molecule has 0 saturated carbocycles. The molecule has 0 spiro atoms. The monoisotopic (exact) mass is 218 g/mol. The zero-order chi connectivity index (χ0) is 11.5. The lowest BCUT2D eigenvalue weighted by atomic mass is 10.4. The van der Waals surface area contributed by atoms with Crippen LogP contribution < -0.4 is 10.9 Å². The Hall–Kier alpha value is -2.04. The molecule has 2 heterocycles. The topological polar surface area (TPSA) is 51.9 Å². The van der Waals surface area contributed by atoms with Gasteiger partial charge >= 0.3 is 0 Å². The van der Waals surface area contributed by atoms with E-state index in [9.17, 15) is 4.79 Å². The quantitative estimate of drug-likeness (QED) is 0.836. The van der Waals surface area contributed by atoms with Crippen LogP contribution in [0, 0.1) is 0 Å². The van der Waals surface area contributed by atoms with Crippen molar-refractivity contribution in [3.63, 3.8) is 0 Å². The first-order valence-corrected chi connectivity index (χ1v) is 5.18. The zero-order valence-corrected chi connectivity index (χ0v) is 9.34. The van der Waals surface area contributed by atoms with E-state index in [1.165, 1.54) is 4.57 Å². The maximum absolute atomic E-state index is 12.0. The molecule has 84 valence electrons. The van der Waals surface area contributed by atoms with Crippen LogP contribution in [-0.2, 0) is 7.05 Å². The minimum Gasteiger partial charge on any atom is -0.381 e. The summed E-state index contributed by atoms with van der Waals surface area (Å²) in [5.74, 6) is 0.632. The summed E-state index contributed by atoms with van der Waals surface area (Å²) in [6.45, 7) is 2.68. The van der Waals surface area contributed by atoms with Crippen LogP contribution in [0.25, 0.3) is 5.82 Å². The number of pyridine rings is 1. The minimum absolute atomic E-state index is 0.0805. The Morgan fingerprint density at radius 2 is 2.19 bits per heavy atom. The molecule has 0 aliphatic carbocycles. The van der Waals surface area contributed by atoms with Crippen molar-refractivity contribution in [1.82, 2.24) is 14.3 Å². The van der Waals surface area contributed by atoms with Gasteiger partial charge in [0.05, 0.1) is 0 Å². The summed E-state index contributed by atoms with van der Waals surface area (Å²) in [5.41, 5.74) is 0.513. The predicted molar refractivity (Wildman–Crippen MR) is 63.0 cm³/mol. The number of hydrogen-bond donors (Lipinski definition) is 1. The van der Waals surface area contributed by atoms with E-state index in [0.29, 0.717) is 11.5 Å². The zero-order valence-electron chi connectivity index (χ0n) is 9.34. The van der Waals surface area contributed by atoms with Crippen LogP contribution in [0.15, 0.2) is 35.4 Å². The predicted octanol–water partition coefficient (Wildman–Crippen LogP) is 1.00. The van der Waals surface area contributed by atoms with Gasteiger partial charge in [-0.2, -0.15) is 5.10 Å². The summed E-state index contributed by atoms with van der Waals surface area (Å²) < 4.78 is 3.19. The average Bonchev–Trinajstić information content (AvgIpc) is 2.68. The van der Waals surface area contributed by atoms with Gasteiger partial charge in [-0.15, -0.1) is 0 Å². The molecule has 0 fully saturated rings. The van der Waals surface area contributed by atoms with E-state index in [4.69, 9.17) is 0 Å². The summed E-state index contributed by atoms with van der Waals surface area (Å²) in [6.07, 6.45) is 3.52. The van der Waals surface area contributed by atoms with Gasteiger partial charge in [0.2, 0.25) is 0 Å². The Morgan fingerprint density at radius 1 is 1.38 bits per heavy atom. The van der Waals surface area contributed by atoms with Crippen molar-refractivity contribution in [2.45, 2.75) is 6.92 Å². The number of aromatic nitrogens is 3. The van der Waals surface area contributed by atoms with Gasteiger partial charge in [0, 0.05) is 32.1 Å². The molecule has 0 aliphatic heterocycles. The van der Waals surface area contributed by atoms with E-state index >= 15 is 0 Å². The van der Waals surface area contributed by atoms with E-state index in [1.54, 1.807) is 23.0 Å². The van der Waals surface area contributed by atoms with Crippen molar-refractivity contribution < 1.29 is 0 Å². The number of anilines is 1. The molecule has 2 aromatic rings. The van der Waals surface area contributed by atoms with Crippen molar-refractivity contribution in [3.05, 3.63) is 40.9 Å². The molecule has 0 unspecified atom stereocenters. The second-order valence-electron chi connectivity index (χ2n) is 3.47. The molecule has 2 aromatic heterocycles. The van der Waals surface area contributed by atoms with Gasteiger partial charge in [-0.3, -0.25) is 14.0 Å². The molecule has 0 amide bonds. The lowest BCUT2D eigenvalue weighted by molar-refractivity contribution is 0.746. The molecule has 0 aliphatic rings. The van der Waals surface area contributed by atoms with E-state index in [1.807, 2.05) is 26.2 Å². The van der Waals surface area contributed by atoms with Gasteiger partial charge < -0.3 is 5.32 Å². The smallest absolute Gasteiger partial charge is 0.279 e. The average molecular weight is 218 g/mol. The Bertz CT molecular complexity index is 541. The molecular formula is C11H14N4O. The van der Waals surface area contributed by atoms with Crippen LogP contribution in [0.4, 0.5) is 5.69 Å². The van der Waals surface area contributed by atoms with Crippen LogP contribution in [0.2, 0.25) is 0 Å². The molecule has 0 radical (unpaired) electrons. The van der Waals surface area contributed by atoms with Crippen molar-refractivity contribution in [2.24, 2.45) is 7.05 Å². The van der Waals surface area contributed by atoms with E-state index in [0.717, 1.165) is 6.54 Å². The minimum atomic E-state index is -0.0805. The third kappa shape index (κ3) is 1.84. The number of nitrogens with zero attached hydrogens (tertiary/aromatic N) is 3. The highest BCUT2D eigenvalue weighted by atomic mass is 16.1. The van der Waals surface area contributed by atoms with Gasteiger partial charge in [0.1, 0.15) is 5.69 Å². The first-order chi connectivity index (χ1) is 7.72. The summed E-state index contributed by atoms with van der Waals surface area (Å²) in [6, 6.07) is 5.40. The molecule has 0 bridgehead atoms. The standard InChI is InChI=1S/C11H14N4O/c1-3-12-9-5-4-7-15(11(9)16)10-6-8-14(2)13-10/h4-8,12H,3H2,1-2H3. The SMILES string of the molecule is CCNc1cccn(-c2ccn(C)n2)c1=O. The second kappa shape index (κ2) is 4.22. The Labute approximate surface area is 93.3 Å². The van der Waals surface area contributed by atoms with Gasteiger partial charge in [-0.05, 0) is 19.1 Å². The Balaban J connectivity index is 2.50. The van der Waals surface area contributed by atoms with Gasteiger partial charge in [-0.25, -0.2) is 0 Å². The third-order valence-electron chi connectivity index (χ3n) is 2.26. The second-order valence-corrected chi connectivity index (χ2v) is 3.47. The molecule has 0 aromatic carbocycles. The highest BCUT2D eigenvalue weighted by Crippen LogP contribution is 2.03. The molecule has 0 saturated heterocycles. The number of hydrogen-bond acceptors (Lipinski definition) is 3. The fourth-order valence-corrected chi connectivity index (χ4v) is 1.53. The van der Waals surface area contributed by atoms with Crippen molar-refractivity contribution >= 4 is 5.69 Å². The summed E-state index contributed by atoms with van der Waals surface area (Å²) in [7, 11) is 1.82. The molecule has 0 atom stereocenters. The molecule has 16 heavy (non-hydrogen) atoms. The number of nitrogens with one attached hydrogen (secondary N) is 1. The van der Waals surface area contributed by atoms with Gasteiger partial charge in [-0.1, -0.05) is 0 Å². The normalized spacial score (nSPS) is 10.4. The van der Waals surface area contributed by atoms with Gasteiger partial charge in [0.15, 0.2) is 5.82 Å².